The van der Waals surface area contributed by atoms with Crippen LogP contribution in [-0.4, -0.2) is 28.9 Å². The highest BCUT2D eigenvalue weighted by Crippen LogP contribution is 2.37. The van der Waals surface area contributed by atoms with Crippen molar-refractivity contribution in [2.45, 2.75) is 52.9 Å². The zero-order chi connectivity index (χ0) is 13.8. The van der Waals surface area contributed by atoms with E-state index in [1.165, 1.54) is 0 Å². The van der Waals surface area contributed by atoms with Crippen LogP contribution in [-0.2, 0) is 4.79 Å². The fourth-order valence-electron chi connectivity index (χ4n) is 2.85. The average Bonchev–Trinajstić information content (AvgIpc) is 2.80. The molecule has 0 saturated carbocycles. The van der Waals surface area contributed by atoms with Crippen LogP contribution in [0.2, 0.25) is 0 Å². The van der Waals surface area contributed by atoms with E-state index in [0.29, 0.717) is 10.4 Å². The first-order valence-corrected chi connectivity index (χ1v) is 7.48. The Bertz CT molecular complexity index is 313. The van der Waals surface area contributed by atoms with Gasteiger partial charge in [0.1, 0.15) is 0 Å². The summed E-state index contributed by atoms with van der Waals surface area (Å²) in [5.74, 6) is -0.109. The molecule has 0 radical (unpaired) electrons. The lowest BCUT2D eigenvalue weighted by atomic mass is 9.82. The maximum absolute atomic E-state index is 12.5. The fraction of sp³-hybridized carbons (Fsp3) is 0.857. The Morgan fingerprint density at radius 2 is 2.00 bits per heavy atom. The topological polar surface area (TPSA) is 46.3 Å². The van der Waals surface area contributed by atoms with Gasteiger partial charge in [0.05, 0.1) is 10.9 Å². The average molecular weight is 270 g/mol. The number of hydrogen-bond acceptors (Lipinski definition) is 2. The first kappa shape index (κ1) is 15.4. The summed E-state index contributed by atoms with van der Waals surface area (Å²) in [4.78, 5) is 14.8. The van der Waals surface area contributed by atoms with Crippen molar-refractivity contribution in [1.29, 1.82) is 0 Å². The minimum atomic E-state index is -0.255. The predicted molar refractivity (Wildman–Crippen MR) is 79.4 cm³/mol. The lowest BCUT2D eigenvalue weighted by Crippen LogP contribution is -2.41. The van der Waals surface area contributed by atoms with Crippen LogP contribution in [0.4, 0.5) is 0 Å². The summed E-state index contributed by atoms with van der Waals surface area (Å²) < 4.78 is 0. The monoisotopic (exact) mass is 270 g/mol. The van der Waals surface area contributed by atoms with Gasteiger partial charge in [0.2, 0.25) is 5.91 Å². The highest BCUT2D eigenvalue weighted by atomic mass is 32.1. The van der Waals surface area contributed by atoms with Gasteiger partial charge in [0.25, 0.3) is 0 Å². The molecule has 1 saturated heterocycles. The van der Waals surface area contributed by atoms with E-state index >= 15 is 0 Å². The zero-order valence-corrected chi connectivity index (χ0v) is 12.7. The van der Waals surface area contributed by atoms with Crippen LogP contribution in [0.1, 0.15) is 52.9 Å². The predicted octanol–water partition coefficient (Wildman–Crippen LogP) is 2.73. The Hall–Kier alpha value is -0.640. The summed E-state index contributed by atoms with van der Waals surface area (Å²) in [6.45, 7) is 8.24. The van der Waals surface area contributed by atoms with E-state index in [2.05, 4.69) is 20.8 Å². The number of nitrogens with zero attached hydrogens (tertiary/aromatic N) is 1. The van der Waals surface area contributed by atoms with Crippen LogP contribution in [0.15, 0.2) is 0 Å². The Balaban J connectivity index is 2.71. The van der Waals surface area contributed by atoms with Crippen LogP contribution >= 0.6 is 12.2 Å². The van der Waals surface area contributed by atoms with E-state index in [0.717, 1.165) is 45.2 Å². The van der Waals surface area contributed by atoms with Crippen LogP contribution in [0.25, 0.3) is 0 Å². The fourth-order valence-corrected chi connectivity index (χ4v) is 3.07. The molecule has 104 valence electrons. The molecular formula is C14H26N2OS. The molecule has 0 aromatic rings. The van der Waals surface area contributed by atoms with Crippen molar-refractivity contribution in [3.8, 4) is 0 Å². The van der Waals surface area contributed by atoms with Crippen LogP contribution in [0, 0.1) is 11.3 Å². The molecule has 0 aliphatic carbocycles. The second-order valence-electron chi connectivity index (χ2n) is 5.46. The van der Waals surface area contributed by atoms with Gasteiger partial charge in [-0.15, -0.1) is 0 Å². The molecule has 1 aliphatic heterocycles. The van der Waals surface area contributed by atoms with E-state index < -0.39 is 0 Å². The Labute approximate surface area is 116 Å². The van der Waals surface area contributed by atoms with Crippen molar-refractivity contribution < 1.29 is 4.79 Å². The highest BCUT2D eigenvalue weighted by molar-refractivity contribution is 7.80. The molecule has 1 amide bonds. The molecule has 0 aromatic heterocycles. The van der Waals surface area contributed by atoms with Crippen molar-refractivity contribution in [3.05, 3.63) is 0 Å². The third kappa shape index (κ3) is 3.22. The molecule has 2 N–H and O–H groups in total. The molecule has 4 heteroatoms. The summed E-state index contributed by atoms with van der Waals surface area (Å²) in [6, 6.07) is 0. The van der Waals surface area contributed by atoms with E-state index in [1.54, 1.807) is 0 Å². The van der Waals surface area contributed by atoms with Gasteiger partial charge in [-0.1, -0.05) is 39.4 Å². The minimum absolute atomic E-state index is 0.146. The summed E-state index contributed by atoms with van der Waals surface area (Å²) >= 11 is 5.04. The molecule has 1 unspecified atom stereocenters. The highest BCUT2D eigenvalue weighted by Gasteiger charge is 2.39. The molecule has 1 aliphatic rings. The maximum atomic E-state index is 12.5. The molecular weight excluding hydrogens is 244 g/mol. The lowest BCUT2D eigenvalue weighted by Gasteiger charge is -2.28. The van der Waals surface area contributed by atoms with E-state index in [1.807, 2.05) is 4.90 Å². The van der Waals surface area contributed by atoms with Gasteiger partial charge in [0.15, 0.2) is 0 Å². The zero-order valence-electron chi connectivity index (χ0n) is 11.9. The molecule has 1 fully saturated rings. The summed E-state index contributed by atoms with van der Waals surface area (Å²) in [5, 5.41) is 0. The summed E-state index contributed by atoms with van der Waals surface area (Å²) in [7, 11) is 0. The number of rotatable bonds is 6. The third-order valence-corrected chi connectivity index (χ3v) is 4.75. The second-order valence-corrected chi connectivity index (χ2v) is 5.93. The Kier molecular flexibility index (Phi) is 5.57. The molecule has 0 aromatic carbocycles. The smallest absolute Gasteiger partial charge is 0.232 e. The molecule has 18 heavy (non-hydrogen) atoms. The van der Waals surface area contributed by atoms with Gasteiger partial charge >= 0.3 is 0 Å². The minimum Gasteiger partial charge on any atom is -0.393 e. The van der Waals surface area contributed by atoms with Crippen molar-refractivity contribution >= 4 is 23.1 Å². The lowest BCUT2D eigenvalue weighted by molar-refractivity contribution is -0.132. The van der Waals surface area contributed by atoms with E-state index in [9.17, 15) is 4.79 Å². The van der Waals surface area contributed by atoms with E-state index in [-0.39, 0.29) is 11.8 Å². The van der Waals surface area contributed by atoms with Crippen LogP contribution < -0.4 is 5.73 Å². The normalized spacial score (nSPS) is 19.8. The number of amides is 1. The number of nitrogens with two attached hydrogens (primary N) is 1. The van der Waals surface area contributed by atoms with Gasteiger partial charge in [-0.25, -0.2) is 0 Å². The van der Waals surface area contributed by atoms with Gasteiger partial charge in [-0.3, -0.25) is 4.79 Å². The Morgan fingerprint density at radius 1 is 1.39 bits per heavy atom. The van der Waals surface area contributed by atoms with Gasteiger partial charge in [0, 0.05) is 13.1 Å². The Morgan fingerprint density at radius 3 is 2.39 bits per heavy atom. The standard InChI is InChI=1S/C14H26N2OS/c1-4-7-11(12(15)18)13(17)16-9-8-14(5-2,6-3)10-16/h11H,4-10H2,1-3H3,(H2,15,18). The summed E-state index contributed by atoms with van der Waals surface area (Å²) in [6.07, 6.45) is 5.10. The second kappa shape index (κ2) is 6.50. The number of likely N-dealkylation sites (tertiary alicyclic amines) is 1. The van der Waals surface area contributed by atoms with Crippen molar-refractivity contribution in [3.63, 3.8) is 0 Å². The van der Waals surface area contributed by atoms with Crippen LogP contribution in [0.5, 0.6) is 0 Å². The summed E-state index contributed by atoms with van der Waals surface area (Å²) in [5.41, 5.74) is 6.03. The number of carbonyl (C=O) groups excluding carboxylic acids is 1. The van der Waals surface area contributed by atoms with Crippen LogP contribution in [0.3, 0.4) is 0 Å². The molecule has 0 bridgehead atoms. The van der Waals surface area contributed by atoms with Crippen molar-refractivity contribution in [2.24, 2.45) is 17.1 Å². The number of carbonyl (C=O) groups is 1. The number of thiocarbonyl (C=S) groups is 1. The van der Waals surface area contributed by atoms with Crippen molar-refractivity contribution in [2.75, 3.05) is 13.1 Å². The van der Waals surface area contributed by atoms with Gasteiger partial charge in [-0.05, 0) is 31.1 Å². The van der Waals surface area contributed by atoms with Gasteiger partial charge < -0.3 is 10.6 Å². The van der Waals surface area contributed by atoms with Gasteiger partial charge in [-0.2, -0.15) is 0 Å². The third-order valence-electron chi connectivity index (χ3n) is 4.47. The first-order valence-electron chi connectivity index (χ1n) is 7.07. The number of hydrogen-bond donors (Lipinski definition) is 1. The molecule has 1 heterocycles. The van der Waals surface area contributed by atoms with Crippen molar-refractivity contribution in [1.82, 2.24) is 4.90 Å². The molecule has 0 spiro atoms. The SMILES string of the molecule is CCCC(C(=O)N1CCC(CC)(CC)C1)C(N)=S. The quantitative estimate of drug-likeness (QED) is 0.755. The molecule has 1 rings (SSSR count). The molecule has 3 nitrogen and oxygen atoms in total. The first-order chi connectivity index (χ1) is 8.49. The van der Waals surface area contributed by atoms with E-state index in [4.69, 9.17) is 18.0 Å². The molecule has 1 atom stereocenters. The largest absolute Gasteiger partial charge is 0.393 e. The maximum Gasteiger partial charge on any atom is 0.232 e.